The summed E-state index contributed by atoms with van der Waals surface area (Å²) in [5.41, 5.74) is -0.626. The summed E-state index contributed by atoms with van der Waals surface area (Å²) in [6.45, 7) is 14.3. The minimum Gasteiger partial charge on any atom is -0.466 e. The van der Waals surface area contributed by atoms with Crippen molar-refractivity contribution in [2.24, 2.45) is 17.3 Å². The van der Waals surface area contributed by atoms with Crippen LogP contribution in [-0.4, -0.2) is 50.3 Å². The van der Waals surface area contributed by atoms with Gasteiger partial charge in [0.2, 0.25) is 0 Å². The van der Waals surface area contributed by atoms with Gasteiger partial charge in [-0.05, 0) is 53.9 Å². The lowest BCUT2D eigenvalue weighted by atomic mass is 9.77. The van der Waals surface area contributed by atoms with E-state index in [-0.39, 0.29) is 43.9 Å². The number of hydrogen-bond acceptors (Lipinski definition) is 9. The Bertz CT molecular complexity index is 733. The Hall–Kier alpha value is -2.63. The molecule has 0 saturated carbocycles. The zero-order valence-electron chi connectivity index (χ0n) is 25.5. The van der Waals surface area contributed by atoms with Gasteiger partial charge in [0.1, 0.15) is 0 Å². The molecule has 0 rings (SSSR count). The number of carbonyl (C=O) groups is 4. The molecule has 3 unspecified atom stereocenters. The van der Waals surface area contributed by atoms with Crippen LogP contribution in [0.2, 0.25) is 0 Å². The van der Waals surface area contributed by atoms with Gasteiger partial charge in [0, 0.05) is 0 Å². The van der Waals surface area contributed by atoms with Gasteiger partial charge in [-0.3, -0.25) is 19.2 Å². The van der Waals surface area contributed by atoms with E-state index in [4.69, 9.17) is 18.9 Å². The molecule has 0 radical (unpaired) electrons. The van der Waals surface area contributed by atoms with Crippen molar-refractivity contribution in [3.63, 3.8) is 0 Å². The highest BCUT2D eigenvalue weighted by atomic mass is 16.5. The second kappa shape index (κ2) is 24.4. The molecule has 9 heteroatoms. The fourth-order valence-electron chi connectivity index (χ4n) is 4.06. The molecule has 226 valence electrons. The molecule has 0 N–H and O–H groups in total. The number of rotatable bonds is 20. The quantitative estimate of drug-likeness (QED) is 0.0962. The maximum absolute atomic E-state index is 12.1. The molecule has 39 heavy (non-hydrogen) atoms. The van der Waals surface area contributed by atoms with E-state index in [2.05, 4.69) is 19.9 Å². The maximum atomic E-state index is 12.1. The van der Waals surface area contributed by atoms with Crippen LogP contribution in [0.5, 0.6) is 0 Å². The van der Waals surface area contributed by atoms with Crippen molar-refractivity contribution < 1.29 is 38.1 Å². The second-order valence-corrected chi connectivity index (χ2v) is 9.75. The summed E-state index contributed by atoms with van der Waals surface area (Å²) in [4.78, 5) is 46.8. The fourth-order valence-corrected chi connectivity index (χ4v) is 4.06. The second-order valence-electron chi connectivity index (χ2n) is 9.75. The number of nitrogens with zero attached hydrogens (tertiary/aromatic N) is 1. The van der Waals surface area contributed by atoms with Gasteiger partial charge in [-0.15, -0.1) is 0 Å². The van der Waals surface area contributed by atoms with Crippen molar-refractivity contribution in [2.45, 2.75) is 119 Å². The van der Waals surface area contributed by atoms with E-state index < -0.39 is 23.3 Å². The molecule has 0 saturated heterocycles. The molecule has 0 aromatic heterocycles. The first-order chi connectivity index (χ1) is 18.6. The molecule has 0 spiro atoms. The number of hydrogen-bond donors (Lipinski definition) is 0. The summed E-state index contributed by atoms with van der Waals surface area (Å²) in [5.74, 6) is -2.41. The summed E-state index contributed by atoms with van der Waals surface area (Å²) >= 11 is 0. The average Bonchev–Trinajstić information content (AvgIpc) is 2.89. The lowest BCUT2D eigenvalue weighted by Crippen LogP contribution is -2.28. The van der Waals surface area contributed by atoms with Crippen molar-refractivity contribution in [1.29, 1.82) is 5.26 Å². The van der Waals surface area contributed by atoms with Gasteiger partial charge in [-0.1, -0.05) is 52.4 Å². The highest BCUT2D eigenvalue weighted by Crippen LogP contribution is 2.33. The molecule has 3 atom stereocenters. The first-order valence-electron chi connectivity index (χ1n) is 14.6. The van der Waals surface area contributed by atoms with E-state index >= 15 is 0 Å². The summed E-state index contributed by atoms with van der Waals surface area (Å²) in [5, 5.41) is 9.46. The third-order valence-electron chi connectivity index (χ3n) is 6.13. The number of ether oxygens (including phenoxy) is 4. The van der Waals surface area contributed by atoms with E-state index in [0.717, 1.165) is 44.9 Å². The molecule has 0 aromatic carbocycles. The van der Waals surface area contributed by atoms with Crippen LogP contribution in [0.4, 0.5) is 0 Å². The highest BCUT2D eigenvalue weighted by Gasteiger charge is 2.34. The SMILES string of the molecule is CCCCCC(C)(C#N)CC(CC(=O)OCC)C(=O)OCC.CCCCCC(CC(=O)OCC)C(=O)OCC. The molecule has 0 aliphatic rings. The summed E-state index contributed by atoms with van der Waals surface area (Å²) < 4.78 is 19.8. The molecule has 0 heterocycles. The molecule has 0 amide bonds. The summed E-state index contributed by atoms with van der Waals surface area (Å²) in [7, 11) is 0. The van der Waals surface area contributed by atoms with E-state index in [1.165, 1.54) is 0 Å². The smallest absolute Gasteiger partial charge is 0.309 e. The molecule has 0 aliphatic heterocycles. The predicted octanol–water partition coefficient (Wildman–Crippen LogP) is 6.32. The molecular weight excluding hydrogens is 502 g/mol. The monoisotopic (exact) mass is 555 g/mol. The molecule has 0 bridgehead atoms. The number of esters is 4. The lowest BCUT2D eigenvalue weighted by molar-refractivity contribution is -0.155. The molecular formula is C30H53NO8. The Labute approximate surface area is 236 Å². The number of carbonyl (C=O) groups excluding carboxylic acids is 4. The topological polar surface area (TPSA) is 129 Å². The molecule has 0 aliphatic carbocycles. The summed E-state index contributed by atoms with van der Waals surface area (Å²) in [6.07, 6.45) is 8.02. The number of unbranched alkanes of at least 4 members (excludes halogenated alkanes) is 4. The highest BCUT2D eigenvalue weighted by molar-refractivity contribution is 5.80. The van der Waals surface area contributed by atoms with Crippen LogP contribution in [0.25, 0.3) is 0 Å². The van der Waals surface area contributed by atoms with Crippen LogP contribution >= 0.6 is 0 Å². The van der Waals surface area contributed by atoms with Crippen molar-refractivity contribution >= 4 is 23.9 Å². The van der Waals surface area contributed by atoms with Gasteiger partial charge in [-0.2, -0.15) is 5.26 Å². The van der Waals surface area contributed by atoms with Crippen LogP contribution in [0.15, 0.2) is 0 Å². The molecule has 0 aromatic rings. The maximum Gasteiger partial charge on any atom is 0.309 e. The van der Waals surface area contributed by atoms with Gasteiger partial charge in [0.05, 0.1) is 62.6 Å². The Kier molecular flexibility index (Phi) is 24.1. The fraction of sp³-hybridized carbons (Fsp3) is 0.833. The van der Waals surface area contributed by atoms with Crippen molar-refractivity contribution in [2.75, 3.05) is 26.4 Å². The molecule has 9 nitrogen and oxygen atoms in total. The van der Waals surface area contributed by atoms with E-state index in [9.17, 15) is 24.4 Å². The zero-order valence-corrected chi connectivity index (χ0v) is 25.5. The predicted molar refractivity (Wildman–Crippen MR) is 149 cm³/mol. The average molecular weight is 556 g/mol. The third kappa shape index (κ3) is 20.0. The van der Waals surface area contributed by atoms with Crippen LogP contribution in [-0.2, 0) is 38.1 Å². The normalized spacial score (nSPS) is 13.4. The largest absolute Gasteiger partial charge is 0.466 e. The standard InChI is InChI=1S/C17H29NO4.C13H24O4/c1-5-8-9-10-17(4,13-18)12-14(16(20)22-7-3)11-15(19)21-6-2;1-4-7-8-9-11(13(15)17-6-3)10-12(14)16-5-2/h14H,5-12H2,1-4H3;11H,4-10H2,1-3H3. The van der Waals surface area contributed by atoms with Gasteiger partial charge in [0.25, 0.3) is 0 Å². The Morgan fingerprint density at radius 1 is 0.667 bits per heavy atom. The van der Waals surface area contributed by atoms with Crippen molar-refractivity contribution in [3.8, 4) is 6.07 Å². The van der Waals surface area contributed by atoms with E-state index in [1.54, 1.807) is 27.7 Å². The minimum atomic E-state index is -0.626. The first kappa shape index (κ1) is 38.5. The molecule has 0 fully saturated rings. The van der Waals surface area contributed by atoms with Crippen LogP contribution < -0.4 is 0 Å². The summed E-state index contributed by atoms with van der Waals surface area (Å²) in [6, 6.07) is 2.31. The Morgan fingerprint density at radius 2 is 1.10 bits per heavy atom. The van der Waals surface area contributed by atoms with Crippen molar-refractivity contribution in [3.05, 3.63) is 0 Å². The number of nitriles is 1. The lowest BCUT2D eigenvalue weighted by Gasteiger charge is -2.26. The van der Waals surface area contributed by atoms with Gasteiger partial charge in [0.15, 0.2) is 0 Å². The van der Waals surface area contributed by atoms with Crippen LogP contribution in [0, 0.1) is 28.6 Å². The van der Waals surface area contributed by atoms with E-state index in [1.807, 2.05) is 6.92 Å². The van der Waals surface area contributed by atoms with Gasteiger partial charge < -0.3 is 18.9 Å². The van der Waals surface area contributed by atoms with Crippen molar-refractivity contribution in [1.82, 2.24) is 0 Å². The minimum absolute atomic E-state index is 0.0300. The van der Waals surface area contributed by atoms with E-state index in [0.29, 0.717) is 26.1 Å². The zero-order chi connectivity index (χ0) is 30.1. The van der Waals surface area contributed by atoms with Gasteiger partial charge >= 0.3 is 23.9 Å². The Morgan fingerprint density at radius 3 is 1.54 bits per heavy atom. The van der Waals surface area contributed by atoms with Crippen LogP contribution in [0.3, 0.4) is 0 Å². The first-order valence-corrected chi connectivity index (χ1v) is 14.6. The van der Waals surface area contributed by atoms with Gasteiger partial charge in [-0.25, -0.2) is 0 Å². The Balaban J connectivity index is 0. The third-order valence-corrected chi connectivity index (χ3v) is 6.13. The van der Waals surface area contributed by atoms with Crippen LogP contribution in [0.1, 0.15) is 119 Å².